The number of hydrogen-bond acceptors (Lipinski definition) is 3. The molecule has 0 aromatic heterocycles. The van der Waals surface area contributed by atoms with E-state index >= 15 is 0 Å². The smallest absolute Gasteiger partial charge is 0.261 e. The predicted octanol–water partition coefficient (Wildman–Crippen LogP) is 1.36. The van der Waals surface area contributed by atoms with Gasteiger partial charge in [-0.15, -0.1) is 6.42 Å². The lowest BCUT2D eigenvalue weighted by atomic mass is 10.1. The molecule has 0 heterocycles. The number of hydrogen-bond donors (Lipinski definition) is 2. The Labute approximate surface area is 112 Å². The van der Waals surface area contributed by atoms with Crippen LogP contribution in [0.15, 0.2) is 18.2 Å². The first-order chi connectivity index (χ1) is 8.95. The summed E-state index contributed by atoms with van der Waals surface area (Å²) in [5.41, 5.74) is 6.40. The SMILES string of the molecule is C#CCNC(=O)C(C)Oc1cc(F)ccc1[C@@H](C)N. The molecule has 0 fully saturated rings. The minimum Gasteiger partial charge on any atom is -0.480 e. The van der Waals surface area contributed by atoms with Gasteiger partial charge in [0.15, 0.2) is 6.10 Å². The van der Waals surface area contributed by atoms with E-state index in [1.807, 2.05) is 0 Å². The highest BCUT2D eigenvalue weighted by atomic mass is 19.1. The number of halogens is 1. The topological polar surface area (TPSA) is 64.3 Å². The molecule has 1 aromatic rings. The molecule has 0 aliphatic carbocycles. The average Bonchev–Trinajstić information content (AvgIpc) is 2.35. The van der Waals surface area contributed by atoms with Crippen LogP contribution in [0.2, 0.25) is 0 Å². The van der Waals surface area contributed by atoms with Gasteiger partial charge in [0.2, 0.25) is 0 Å². The van der Waals surface area contributed by atoms with E-state index < -0.39 is 11.9 Å². The van der Waals surface area contributed by atoms with Crippen LogP contribution in [0.3, 0.4) is 0 Å². The normalized spacial score (nSPS) is 13.2. The van der Waals surface area contributed by atoms with Gasteiger partial charge in [-0.3, -0.25) is 4.79 Å². The molecule has 0 saturated carbocycles. The van der Waals surface area contributed by atoms with Gasteiger partial charge in [0.25, 0.3) is 5.91 Å². The molecule has 1 rings (SSSR count). The van der Waals surface area contributed by atoms with Gasteiger partial charge in [-0.25, -0.2) is 4.39 Å². The second-order valence-corrected chi connectivity index (χ2v) is 4.15. The van der Waals surface area contributed by atoms with Crippen molar-refractivity contribution in [2.75, 3.05) is 6.54 Å². The minimum absolute atomic E-state index is 0.121. The van der Waals surface area contributed by atoms with Crippen LogP contribution < -0.4 is 15.8 Å². The second kappa shape index (κ2) is 6.76. The largest absolute Gasteiger partial charge is 0.480 e. The Morgan fingerprint density at radius 1 is 1.58 bits per heavy atom. The third-order valence-electron chi connectivity index (χ3n) is 2.50. The Bertz CT molecular complexity index is 495. The monoisotopic (exact) mass is 264 g/mol. The molecule has 4 nitrogen and oxygen atoms in total. The fourth-order valence-electron chi connectivity index (χ4n) is 1.51. The Morgan fingerprint density at radius 2 is 2.26 bits per heavy atom. The van der Waals surface area contributed by atoms with Crippen molar-refractivity contribution in [3.05, 3.63) is 29.6 Å². The maximum absolute atomic E-state index is 13.2. The average molecular weight is 264 g/mol. The van der Waals surface area contributed by atoms with E-state index in [2.05, 4.69) is 11.2 Å². The quantitative estimate of drug-likeness (QED) is 0.789. The molecule has 0 radical (unpaired) electrons. The first-order valence-electron chi connectivity index (χ1n) is 5.88. The van der Waals surface area contributed by atoms with Crippen molar-refractivity contribution in [3.8, 4) is 18.1 Å². The third kappa shape index (κ3) is 4.27. The van der Waals surface area contributed by atoms with Gasteiger partial charge < -0.3 is 15.8 Å². The maximum atomic E-state index is 13.2. The third-order valence-corrected chi connectivity index (χ3v) is 2.50. The summed E-state index contributed by atoms with van der Waals surface area (Å²) in [5.74, 6) is 1.74. The summed E-state index contributed by atoms with van der Waals surface area (Å²) in [4.78, 5) is 11.6. The van der Waals surface area contributed by atoms with Crippen molar-refractivity contribution >= 4 is 5.91 Å². The molecule has 0 aliphatic rings. The van der Waals surface area contributed by atoms with Crippen molar-refractivity contribution in [2.24, 2.45) is 5.73 Å². The molecule has 0 aliphatic heterocycles. The number of carbonyl (C=O) groups is 1. The molecule has 1 unspecified atom stereocenters. The first kappa shape index (κ1) is 15.0. The van der Waals surface area contributed by atoms with Gasteiger partial charge in [-0.2, -0.15) is 0 Å². The van der Waals surface area contributed by atoms with Gasteiger partial charge in [0.1, 0.15) is 11.6 Å². The van der Waals surface area contributed by atoms with Gasteiger partial charge >= 0.3 is 0 Å². The van der Waals surface area contributed by atoms with Crippen LogP contribution in [0.1, 0.15) is 25.5 Å². The number of carbonyl (C=O) groups excluding carboxylic acids is 1. The molecule has 1 amide bonds. The van der Waals surface area contributed by atoms with Crippen molar-refractivity contribution in [1.82, 2.24) is 5.32 Å². The molecular weight excluding hydrogens is 247 g/mol. The Morgan fingerprint density at radius 3 is 2.84 bits per heavy atom. The highest BCUT2D eigenvalue weighted by Crippen LogP contribution is 2.25. The summed E-state index contributed by atoms with van der Waals surface area (Å²) in [5, 5.41) is 2.49. The number of nitrogens with two attached hydrogens (primary N) is 1. The van der Waals surface area contributed by atoms with Gasteiger partial charge in [-0.1, -0.05) is 12.0 Å². The van der Waals surface area contributed by atoms with Crippen LogP contribution in [0, 0.1) is 18.2 Å². The second-order valence-electron chi connectivity index (χ2n) is 4.15. The van der Waals surface area contributed by atoms with Crippen LogP contribution >= 0.6 is 0 Å². The first-order valence-corrected chi connectivity index (χ1v) is 5.88. The minimum atomic E-state index is -0.785. The zero-order chi connectivity index (χ0) is 14.4. The lowest BCUT2D eigenvalue weighted by Crippen LogP contribution is -2.36. The van der Waals surface area contributed by atoms with E-state index in [9.17, 15) is 9.18 Å². The molecule has 5 heteroatoms. The predicted molar refractivity (Wildman–Crippen MR) is 70.9 cm³/mol. The van der Waals surface area contributed by atoms with Crippen molar-refractivity contribution < 1.29 is 13.9 Å². The van der Waals surface area contributed by atoms with Gasteiger partial charge in [0.05, 0.1) is 6.54 Å². The lowest BCUT2D eigenvalue weighted by Gasteiger charge is -2.18. The number of amides is 1. The maximum Gasteiger partial charge on any atom is 0.261 e. The Kier molecular flexibility index (Phi) is 5.34. The zero-order valence-corrected chi connectivity index (χ0v) is 10.9. The van der Waals surface area contributed by atoms with Gasteiger partial charge in [0, 0.05) is 17.7 Å². The number of terminal acetylenes is 1. The van der Waals surface area contributed by atoms with E-state index in [0.29, 0.717) is 5.56 Å². The fraction of sp³-hybridized carbons (Fsp3) is 0.357. The lowest BCUT2D eigenvalue weighted by molar-refractivity contribution is -0.127. The summed E-state index contributed by atoms with van der Waals surface area (Å²) in [6.07, 6.45) is 4.26. The standard InChI is InChI=1S/C14H17FN2O2/c1-4-7-17-14(18)10(3)19-13-8-11(15)5-6-12(13)9(2)16/h1,5-6,8-10H,7,16H2,2-3H3,(H,17,18)/t9-,10?/m1/s1. The molecule has 0 saturated heterocycles. The summed E-state index contributed by atoms with van der Waals surface area (Å²) >= 11 is 0. The van der Waals surface area contributed by atoms with E-state index in [1.54, 1.807) is 19.9 Å². The molecular formula is C14H17FN2O2. The van der Waals surface area contributed by atoms with Crippen molar-refractivity contribution in [2.45, 2.75) is 26.0 Å². The van der Waals surface area contributed by atoms with Crippen LogP contribution in [-0.2, 0) is 4.79 Å². The summed E-state index contributed by atoms with van der Waals surface area (Å²) in [7, 11) is 0. The molecule has 19 heavy (non-hydrogen) atoms. The van der Waals surface area contributed by atoms with Crippen LogP contribution in [0.25, 0.3) is 0 Å². The van der Waals surface area contributed by atoms with E-state index in [-0.39, 0.29) is 24.2 Å². The van der Waals surface area contributed by atoms with E-state index in [0.717, 1.165) is 0 Å². The number of ether oxygens (including phenoxy) is 1. The molecule has 2 atom stereocenters. The van der Waals surface area contributed by atoms with E-state index in [4.69, 9.17) is 16.9 Å². The van der Waals surface area contributed by atoms with Crippen LogP contribution in [0.5, 0.6) is 5.75 Å². The number of benzene rings is 1. The van der Waals surface area contributed by atoms with E-state index in [1.165, 1.54) is 12.1 Å². The Hall–Kier alpha value is -2.06. The van der Waals surface area contributed by atoms with Crippen molar-refractivity contribution in [3.63, 3.8) is 0 Å². The number of nitrogens with one attached hydrogen (secondary N) is 1. The summed E-state index contributed by atoms with van der Waals surface area (Å²) in [6.45, 7) is 3.43. The molecule has 3 N–H and O–H groups in total. The van der Waals surface area contributed by atoms with Gasteiger partial charge in [-0.05, 0) is 19.9 Å². The molecule has 0 bridgehead atoms. The highest BCUT2D eigenvalue weighted by Gasteiger charge is 2.17. The Balaban J connectivity index is 2.84. The van der Waals surface area contributed by atoms with Crippen LogP contribution in [-0.4, -0.2) is 18.6 Å². The van der Waals surface area contributed by atoms with Crippen molar-refractivity contribution in [1.29, 1.82) is 0 Å². The summed E-state index contributed by atoms with van der Waals surface area (Å²) in [6, 6.07) is 3.73. The fourth-order valence-corrected chi connectivity index (χ4v) is 1.51. The van der Waals surface area contributed by atoms with Crippen LogP contribution in [0.4, 0.5) is 4.39 Å². The molecule has 0 spiro atoms. The summed E-state index contributed by atoms with van der Waals surface area (Å²) < 4.78 is 18.7. The zero-order valence-electron chi connectivity index (χ0n) is 10.9. The number of rotatable bonds is 5. The molecule has 102 valence electrons. The molecule has 1 aromatic carbocycles. The highest BCUT2D eigenvalue weighted by molar-refractivity contribution is 5.80.